The number of hydrogen-bond donors (Lipinski definition) is 0. The lowest BCUT2D eigenvalue weighted by Gasteiger charge is -2.24. The highest BCUT2D eigenvalue weighted by Crippen LogP contribution is 2.28. The van der Waals surface area contributed by atoms with E-state index >= 15 is 0 Å². The lowest BCUT2D eigenvalue weighted by Crippen LogP contribution is -2.27. The van der Waals surface area contributed by atoms with E-state index in [0.717, 1.165) is 0 Å². The predicted octanol–water partition coefficient (Wildman–Crippen LogP) is 4.75. The number of fused-ring (bicyclic) bond motifs is 1. The lowest BCUT2D eigenvalue weighted by atomic mass is 10.0. The quantitative estimate of drug-likeness (QED) is 0.708. The first-order chi connectivity index (χ1) is 7.97. The third-order valence-corrected chi connectivity index (χ3v) is 3.85. The molecule has 1 nitrogen and oxygen atoms in total. The van der Waals surface area contributed by atoms with Crippen LogP contribution in [0.1, 0.15) is 18.6 Å². The zero-order valence-electron chi connectivity index (χ0n) is 11.0. The lowest BCUT2D eigenvalue weighted by molar-refractivity contribution is 0.221. The molecule has 0 saturated heterocycles. The van der Waals surface area contributed by atoms with Gasteiger partial charge in [0.1, 0.15) is 0 Å². The van der Waals surface area contributed by atoms with Crippen molar-refractivity contribution in [1.82, 2.24) is 0 Å². The summed E-state index contributed by atoms with van der Waals surface area (Å²) in [5.41, 5.74) is 1.30. The van der Waals surface area contributed by atoms with Crippen molar-refractivity contribution in [2.24, 2.45) is 0 Å². The molecule has 2 aromatic rings. The van der Waals surface area contributed by atoms with E-state index in [1.807, 2.05) is 0 Å². The fourth-order valence-electron chi connectivity index (χ4n) is 2.20. The van der Waals surface area contributed by atoms with Crippen LogP contribution in [0, 0.1) is 0 Å². The van der Waals surface area contributed by atoms with Crippen LogP contribution in [0.5, 0.6) is 0 Å². The van der Waals surface area contributed by atoms with Crippen molar-refractivity contribution in [2.75, 3.05) is 0 Å². The molecule has 0 aromatic heterocycles. The Labute approximate surface area is 105 Å². The van der Waals surface area contributed by atoms with Crippen molar-refractivity contribution in [2.45, 2.75) is 32.7 Å². The maximum Gasteiger partial charge on any atom is 0.184 e. The van der Waals surface area contributed by atoms with Crippen molar-refractivity contribution in [3.05, 3.63) is 48.0 Å². The smallest absolute Gasteiger partial charge is 0.184 e. The van der Waals surface area contributed by atoms with Crippen molar-refractivity contribution >= 4 is 19.1 Å². The first kappa shape index (κ1) is 12.3. The Balaban J connectivity index is 2.41. The van der Waals surface area contributed by atoms with Crippen molar-refractivity contribution in [3.8, 4) is 0 Å². The molecule has 2 heteroatoms. The third-order valence-electron chi connectivity index (χ3n) is 2.79. The van der Waals surface area contributed by atoms with E-state index < -0.39 is 8.32 Å². The molecule has 0 unspecified atom stereocenters. The van der Waals surface area contributed by atoms with Crippen LogP contribution < -0.4 is 0 Å². The normalized spacial score (nSPS) is 13.9. The Hall–Kier alpha value is -1.12. The van der Waals surface area contributed by atoms with Gasteiger partial charge in [0.15, 0.2) is 8.32 Å². The Kier molecular flexibility index (Phi) is 3.36. The minimum Gasteiger partial charge on any atom is -0.411 e. The molecule has 1 atom stereocenters. The summed E-state index contributed by atoms with van der Waals surface area (Å²) in [4.78, 5) is 0. The van der Waals surface area contributed by atoms with Gasteiger partial charge in [-0.15, -0.1) is 0 Å². The average molecular weight is 244 g/mol. The summed E-state index contributed by atoms with van der Waals surface area (Å²) in [5.74, 6) is 0. The van der Waals surface area contributed by atoms with E-state index in [1.54, 1.807) is 0 Å². The maximum absolute atomic E-state index is 6.17. The molecule has 0 bridgehead atoms. The highest BCUT2D eigenvalue weighted by atomic mass is 28.4. The van der Waals surface area contributed by atoms with Crippen LogP contribution in [-0.4, -0.2) is 8.32 Å². The second-order valence-electron chi connectivity index (χ2n) is 5.44. The molecule has 0 aliphatic rings. The van der Waals surface area contributed by atoms with E-state index in [0.29, 0.717) is 0 Å². The van der Waals surface area contributed by atoms with Crippen LogP contribution in [0.15, 0.2) is 42.5 Å². The Morgan fingerprint density at radius 1 is 0.941 bits per heavy atom. The summed E-state index contributed by atoms with van der Waals surface area (Å²) in [6, 6.07) is 14.9. The van der Waals surface area contributed by atoms with Crippen LogP contribution in [0.2, 0.25) is 19.6 Å². The highest BCUT2D eigenvalue weighted by molar-refractivity contribution is 6.69. The first-order valence-corrected chi connectivity index (χ1v) is 9.54. The SMILES string of the molecule is C[C@@H](O[Si](C)(C)C)c1cccc2ccccc12. The summed E-state index contributed by atoms with van der Waals surface area (Å²) in [7, 11) is -1.49. The van der Waals surface area contributed by atoms with Crippen LogP contribution in [0.3, 0.4) is 0 Å². The Bertz CT molecular complexity index is 508. The molecule has 0 saturated carbocycles. The Morgan fingerprint density at radius 3 is 2.29 bits per heavy atom. The first-order valence-electron chi connectivity index (χ1n) is 6.13. The molecule has 0 aliphatic carbocycles. The molecule has 2 aromatic carbocycles. The largest absolute Gasteiger partial charge is 0.411 e. The van der Waals surface area contributed by atoms with Crippen molar-refractivity contribution in [1.29, 1.82) is 0 Å². The van der Waals surface area contributed by atoms with Gasteiger partial charge in [-0.2, -0.15) is 0 Å². The average Bonchev–Trinajstić information content (AvgIpc) is 2.26. The predicted molar refractivity (Wildman–Crippen MR) is 76.8 cm³/mol. The molecule has 90 valence electrons. The molecule has 2 rings (SSSR count). The second-order valence-corrected chi connectivity index (χ2v) is 9.90. The molecule has 0 fully saturated rings. The number of hydrogen-bond acceptors (Lipinski definition) is 1. The zero-order chi connectivity index (χ0) is 12.5. The van der Waals surface area contributed by atoms with Gasteiger partial charge in [0.05, 0.1) is 6.10 Å². The molecule has 0 aliphatic heterocycles. The van der Waals surface area contributed by atoms with Crippen molar-refractivity contribution in [3.63, 3.8) is 0 Å². The van der Waals surface area contributed by atoms with Gasteiger partial charge >= 0.3 is 0 Å². The van der Waals surface area contributed by atoms with Gasteiger partial charge in [-0.3, -0.25) is 0 Å². The molecular formula is C15H20OSi. The summed E-state index contributed by atoms with van der Waals surface area (Å²) in [6.07, 6.45) is 0.174. The third kappa shape index (κ3) is 2.96. The summed E-state index contributed by atoms with van der Waals surface area (Å²) in [6.45, 7) is 8.85. The number of rotatable bonds is 3. The standard InChI is InChI=1S/C15H20OSi/c1-12(16-17(2,3)4)14-11-7-9-13-8-5-6-10-15(13)14/h5-12H,1-4H3/t12-/m1/s1. The monoisotopic (exact) mass is 244 g/mol. The fourth-order valence-corrected chi connectivity index (χ4v) is 3.39. The van der Waals surface area contributed by atoms with E-state index in [-0.39, 0.29) is 6.10 Å². The molecule has 0 radical (unpaired) electrons. The summed E-state index contributed by atoms with van der Waals surface area (Å²) < 4.78 is 6.17. The summed E-state index contributed by atoms with van der Waals surface area (Å²) in [5, 5.41) is 2.59. The van der Waals surface area contributed by atoms with Crippen LogP contribution >= 0.6 is 0 Å². The molecule has 17 heavy (non-hydrogen) atoms. The maximum atomic E-state index is 6.17. The van der Waals surface area contributed by atoms with E-state index in [4.69, 9.17) is 4.43 Å². The molecule has 0 amide bonds. The van der Waals surface area contributed by atoms with Crippen LogP contribution in [0.4, 0.5) is 0 Å². The van der Waals surface area contributed by atoms with E-state index in [1.165, 1.54) is 16.3 Å². The van der Waals surface area contributed by atoms with Gasteiger partial charge in [-0.25, -0.2) is 0 Å². The Morgan fingerprint density at radius 2 is 1.59 bits per heavy atom. The minimum atomic E-state index is -1.49. The van der Waals surface area contributed by atoms with Gasteiger partial charge in [0.2, 0.25) is 0 Å². The van der Waals surface area contributed by atoms with Gasteiger partial charge in [0, 0.05) is 0 Å². The topological polar surface area (TPSA) is 9.23 Å². The van der Waals surface area contributed by atoms with Crippen molar-refractivity contribution < 1.29 is 4.43 Å². The van der Waals surface area contributed by atoms with Crippen LogP contribution in [0.25, 0.3) is 10.8 Å². The van der Waals surface area contributed by atoms with E-state index in [9.17, 15) is 0 Å². The second kappa shape index (κ2) is 4.63. The van der Waals surface area contributed by atoms with Crippen LogP contribution in [-0.2, 0) is 4.43 Å². The molecular weight excluding hydrogens is 224 g/mol. The number of benzene rings is 2. The van der Waals surface area contributed by atoms with Gasteiger partial charge in [-0.1, -0.05) is 42.5 Å². The van der Waals surface area contributed by atoms with Gasteiger partial charge < -0.3 is 4.43 Å². The van der Waals surface area contributed by atoms with Gasteiger partial charge in [0.25, 0.3) is 0 Å². The fraction of sp³-hybridized carbons (Fsp3) is 0.333. The van der Waals surface area contributed by atoms with Gasteiger partial charge in [-0.05, 0) is 42.9 Å². The van der Waals surface area contributed by atoms with E-state index in [2.05, 4.69) is 69.0 Å². The minimum absolute atomic E-state index is 0.174. The highest BCUT2D eigenvalue weighted by Gasteiger charge is 2.20. The molecule has 0 N–H and O–H groups in total. The zero-order valence-corrected chi connectivity index (χ0v) is 12.0. The molecule has 0 heterocycles. The summed E-state index contributed by atoms with van der Waals surface area (Å²) >= 11 is 0. The molecule has 0 spiro atoms.